The number of rotatable bonds is 7. The second-order valence-corrected chi connectivity index (χ2v) is 5.66. The highest BCUT2D eigenvalue weighted by Crippen LogP contribution is 1.97. The molecule has 0 saturated carbocycles. The Kier molecular flexibility index (Phi) is 5.63. The zero-order chi connectivity index (χ0) is 12.8. The third kappa shape index (κ3) is 8.39. The molecule has 0 aliphatic heterocycles. The van der Waals surface area contributed by atoms with Crippen molar-refractivity contribution in [1.29, 1.82) is 0 Å². The molecule has 0 saturated heterocycles. The van der Waals surface area contributed by atoms with Crippen LogP contribution in [0.4, 0.5) is 0 Å². The van der Waals surface area contributed by atoms with Crippen LogP contribution in [0.15, 0.2) is 12.7 Å². The first-order valence-electron chi connectivity index (χ1n) is 4.82. The Morgan fingerprint density at radius 3 is 2.44 bits per heavy atom. The number of quaternary nitrogens is 1. The van der Waals surface area contributed by atoms with Crippen molar-refractivity contribution in [3.63, 3.8) is 0 Å². The standard InChI is InChI=1S/C9H18N2O4S/c1-4-9(12)10-5-6-11(2,3)7-8-16(13,14)15/h4H,1,5-8H2,2-3H3,(H-,10,12,13,14,15). The summed E-state index contributed by atoms with van der Waals surface area (Å²) in [6.07, 6.45) is 1.17. The summed E-state index contributed by atoms with van der Waals surface area (Å²) in [7, 11) is -0.579. The van der Waals surface area contributed by atoms with Crippen LogP contribution in [-0.4, -0.2) is 62.8 Å². The number of nitrogens with one attached hydrogen (secondary N) is 1. The normalized spacial score (nSPS) is 12.2. The number of carbonyl (C=O) groups excluding carboxylic acids is 1. The van der Waals surface area contributed by atoms with Gasteiger partial charge in [0, 0.05) is 0 Å². The molecule has 0 atom stereocenters. The maximum absolute atomic E-state index is 10.8. The summed E-state index contributed by atoms with van der Waals surface area (Å²) in [4.78, 5) is 10.8. The summed E-state index contributed by atoms with van der Waals surface area (Å²) in [6.45, 7) is 4.50. The molecule has 1 amide bonds. The average molecular weight is 250 g/mol. The molecule has 0 bridgehead atoms. The van der Waals surface area contributed by atoms with Gasteiger partial charge >= 0.3 is 0 Å². The molecule has 0 aliphatic carbocycles. The predicted octanol–water partition coefficient (Wildman–Crippen LogP) is -1.09. The predicted molar refractivity (Wildman–Crippen MR) is 59.6 cm³/mol. The third-order valence-corrected chi connectivity index (χ3v) is 2.83. The Morgan fingerprint density at radius 2 is 2.00 bits per heavy atom. The van der Waals surface area contributed by atoms with E-state index in [9.17, 15) is 17.8 Å². The Morgan fingerprint density at radius 1 is 1.44 bits per heavy atom. The highest BCUT2D eigenvalue weighted by atomic mass is 32.2. The maximum atomic E-state index is 10.8. The van der Waals surface area contributed by atoms with Gasteiger partial charge in [-0.3, -0.25) is 4.79 Å². The zero-order valence-corrected chi connectivity index (χ0v) is 10.4. The molecule has 0 fully saturated rings. The van der Waals surface area contributed by atoms with Crippen molar-refractivity contribution in [3.8, 4) is 0 Å². The van der Waals surface area contributed by atoms with Crippen LogP contribution >= 0.6 is 0 Å². The molecule has 1 N–H and O–H groups in total. The van der Waals surface area contributed by atoms with Crippen LogP contribution in [0.3, 0.4) is 0 Å². The first-order valence-corrected chi connectivity index (χ1v) is 6.40. The summed E-state index contributed by atoms with van der Waals surface area (Å²) in [5.41, 5.74) is 0. The molecule has 0 heterocycles. The molecule has 0 spiro atoms. The van der Waals surface area contributed by atoms with Gasteiger partial charge in [-0.05, 0) is 6.08 Å². The number of likely N-dealkylation sites (N-methyl/N-ethyl adjacent to an activating group) is 1. The first-order chi connectivity index (χ1) is 7.16. The average Bonchev–Trinajstić information content (AvgIpc) is 2.13. The second-order valence-electron chi connectivity index (χ2n) is 4.14. The smallest absolute Gasteiger partial charge is 0.243 e. The van der Waals surface area contributed by atoms with E-state index in [2.05, 4.69) is 11.9 Å². The van der Waals surface area contributed by atoms with Crippen molar-refractivity contribution in [2.45, 2.75) is 0 Å². The van der Waals surface area contributed by atoms with E-state index in [1.165, 1.54) is 6.08 Å². The number of carbonyl (C=O) groups is 1. The van der Waals surface area contributed by atoms with E-state index in [1.54, 1.807) is 14.1 Å². The summed E-state index contributed by atoms with van der Waals surface area (Å²) < 4.78 is 31.7. The fourth-order valence-electron chi connectivity index (χ4n) is 1.02. The number of amides is 1. The lowest BCUT2D eigenvalue weighted by atomic mass is 10.4. The van der Waals surface area contributed by atoms with E-state index in [0.29, 0.717) is 17.6 Å². The van der Waals surface area contributed by atoms with Crippen LogP contribution in [0, 0.1) is 0 Å². The number of hydrogen-bond donors (Lipinski definition) is 1. The van der Waals surface area contributed by atoms with Gasteiger partial charge in [0.2, 0.25) is 5.91 Å². The molecule has 0 rings (SSSR count). The lowest BCUT2D eigenvalue weighted by molar-refractivity contribution is -0.886. The highest BCUT2D eigenvalue weighted by molar-refractivity contribution is 7.85. The van der Waals surface area contributed by atoms with Crippen LogP contribution in [0.5, 0.6) is 0 Å². The second kappa shape index (κ2) is 5.97. The molecule has 7 heteroatoms. The van der Waals surface area contributed by atoms with Gasteiger partial charge in [-0.25, -0.2) is 8.42 Å². The molecule has 0 aromatic rings. The Balaban J connectivity index is 3.96. The minimum Gasteiger partial charge on any atom is -0.748 e. The van der Waals surface area contributed by atoms with Gasteiger partial charge in [0.25, 0.3) is 0 Å². The van der Waals surface area contributed by atoms with Crippen LogP contribution in [-0.2, 0) is 14.9 Å². The molecule has 94 valence electrons. The first kappa shape index (κ1) is 15.1. The molecular formula is C9H18N2O4S. The molecule has 0 radical (unpaired) electrons. The van der Waals surface area contributed by atoms with Gasteiger partial charge in [-0.2, -0.15) is 0 Å². The minimum atomic E-state index is -4.17. The molecule has 0 unspecified atom stereocenters. The summed E-state index contributed by atoms with van der Waals surface area (Å²) >= 11 is 0. The van der Waals surface area contributed by atoms with E-state index < -0.39 is 15.9 Å². The molecule has 16 heavy (non-hydrogen) atoms. The van der Waals surface area contributed by atoms with Gasteiger partial charge in [0.05, 0.1) is 39.5 Å². The van der Waals surface area contributed by atoms with E-state index in [-0.39, 0.29) is 12.5 Å². The van der Waals surface area contributed by atoms with E-state index in [1.807, 2.05) is 0 Å². The summed E-state index contributed by atoms with van der Waals surface area (Å²) in [5, 5.41) is 2.59. The van der Waals surface area contributed by atoms with E-state index in [0.717, 1.165) is 0 Å². The lowest BCUT2D eigenvalue weighted by Gasteiger charge is -2.30. The van der Waals surface area contributed by atoms with Gasteiger partial charge in [0.1, 0.15) is 10.1 Å². The van der Waals surface area contributed by atoms with Crippen molar-refractivity contribution in [2.75, 3.05) is 39.5 Å². The van der Waals surface area contributed by atoms with E-state index >= 15 is 0 Å². The molecule has 6 nitrogen and oxygen atoms in total. The van der Waals surface area contributed by atoms with Crippen molar-refractivity contribution in [1.82, 2.24) is 5.32 Å². The SMILES string of the molecule is C=CC(=O)NCC[N+](C)(C)CCS(=O)(=O)[O-]. The van der Waals surface area contributed by atoms with Gasteiger partial charge < -0.3 is 14.4 Å². The minimum absolute atomic E-state index is 0.232. The quantitative estimate of drug-likeness (QED) is 0.353. The topological polar surface area (TPSA) is 86.3 Å². The van der Waals surface area contributed by atoms with Crippen molar-refractivity contribution < 1.29 is 22.2 Å². The van der Waals surface area contributed by atoms with Gasteiger partial charge in [0.15, 0.2) is 0 Å². The van der Waals surface area contributed by atoms with Crippen LogP contribution < -0.4 is 5.32 Å². The van der Waals surface area contributed by atoms with Crippen LogP contribution in [0.1, 0.15) is 0 Å². The van der Waals surface area contributed by atoms with Crippen molar-refractivity contribution in [2.24, 2.45) is 0 Å². The molecular weight excluding hydrogens is 232 g/mol. The van der Waals surface area contributed by atoms with Gasteiger partial charge in [-0.1, -0.05) is 6.58 Å². The summed E-state index contributed by atoms with van der Waals surface area (Å²) in [5.74, 6) is -0.661. The maximum Gasteiger partial charge on any atom is 0.243 e. The monoisotopic (exact) mass is 250 g/mol. The fraction of sp³-hybridized carbons (Fsp3) is 0.667. The van der Waals surface area contributed by atoms with Crippen LogP contribution in [0.2, 0.25) is 0 Å². The fourth-order valence-corrected chi connectivity index (χ4v) is 1.74. The number of hydrogen-bond acceptors (Lipinski definition) is 4. The van der Waals surface area contributed by atoms with Gasteiger partial charge in [-0.15, -0.1) is 0 Å². The Bertz CT molecular complexity index is 349. The van der Waals surface area contributed by atoms with Crippen molar-refractivity contribution in [3.05, 3.63) is 12.7 Å². The summed E-state index contributed by atoms with van der Waals surface area (Å²) in [6, 6.07) is 0. The lowest BCUT2D eigenvalue weighted by Crippen LogP contribution is -2.47. The highest BCUT2D eigenvalue weighted by Gasteiger charge is 2.16. The Labute approximate surface area is 96.3 Å². The third-order valence-electron chi connectivity index (χ3n) is 2.15. The Hall–Kier alpha value is -0.920. The largest absolute Gasteiger partial charge is 0.748 e. The van der Waals surface area contributed by atoms with Crippen molar-refractivity contribution >= 4 is 16.0 Å². The molecule has 0 aliphatic rings. The molecule has 0 aromatic carbocycles. The number of nitrogens with zero attached hydrogens (tertiary/aromatic N) is 1. The zero-order valence-electron chi connectivity index (χ0n) is 9.60. The molecule has 0 aromatic heterocycles. The van der Waals surface area contributed by atoms with Crippen LogP contribution in [0.25, 0.3) is 0 Å². The van der Waals surface area contributed by atoms with E-state index in [4.69, 9.17) is 0 Å².